The van der Waals surface area contributed by atoms with Gasteiger partial charge in [0.25, 0.3) is 5.88 Å². The van der Waals surface area contributed by atoms with Crippen LogP contribution in [0.5, 0.6) is 11.6 Å². The SMILES string of the molecule is O=c1[nH]c(/C=C/c2ccccc2O)nc(O)c1[N+](=O)[O-]. The highest BCUT2D eigenvalue weighted by Crippen LogP contribution is 2.20. The third kappa shape index (κ3) is 2.64. The van der Waals surface area contributed by atoms with E-state index in [1.807, 2.05) is 0 Å². The number of hydrogen-bond donors (Lipinski definition) is 3. The van der Waals surface area contributed by atoms with Gasteiger partial charge < -0.3 is 15.2 Å². The van der Waals surface area contributed by atoms with E-state index in [9.17, 15) is 25.1 Å². The van der Waals surface area contributed by atoms with E-state index in [-0.39, 0.29) is 11.6 Å². The number of hydrogen-bond acceptors (Lipinski definition) is 6. The normalized spacial score (nSPS) is 10.8. The Morgan fingerprint density at radius 1 is 1.25 bits per heavy atom. The molecule has 0 saturated carbocycles. The summed E-state index contributed by atoms with van der Waals surface area (Å²) in [5.74, 6) is -1.01. The lowest BCUT2D eigenvalue weighted by Crippen LogP contribution is -2.14. The Labute approximate surface area is 111 Å². The van der Waals surface area contributed by atoms with Crippen LogP contribution < -0.4 is 5.56 Å². The number of aromatic hydroxyl groups is 2. The lowest BCUT2D eigenvalue weighted by molar-refractivity contribution is -0.387. The molecule has 8 nitrogen and oxygen atoms in total. The van der Waals surface area contributed by atoms with Gasteiger partial charge in [0.05, 0.1) is 4.92 Å². The molecule has 0 aliphatic heterocycles. The average Bonchev–Trinajstić information content (AvgIpc) is 2.36. The van der Waals surface area contributed by atoms with E-state index < -0.39 is 22.0 Å². The molecule has 102 valence electrons. The van der Waals surface area contributed by atoms with Crippen molar-refractivity contribution >= 4 is 17.8 Å². The van der Waals surface area contributed by atoms with E-state index in [0.717, 1.165) is 0 Å². The third-order valence-corrected chi connectivity index (χ3v) is 2.43. The molecule has 3 N–H and O–H groups in total. The minimum absolute atomic E-state index is 0.0252. The van der Waals surface area contributed by atoms with Gasteiger partial charge in [0.15, 0.2) is 0 Å². The van der Waals surface area contributed by atoms with Crippen LogP contribution in [-0.2, 0) is 0 Å². The largest absolute Gasteiger partial charge is 0.507 e. The second-order valence-corrected chi connectivity index (χ2v) is 3.77. The summed E-state index contributed by atoms with van der Waals surface area (Å²) in [4.78, 5) is 26.5. The monoisotopic (exact) mass is 275 g/mol. The van der Waals surface area contributed by atoms with Crippen LogP contribution >= 0.6 is 0 Å². The van der Waals surface area contributed by atoms with Crippen molar-refractivity contribution in [2.24, 2.45) is 0 Å². The molecule has 0 bridgehead atoms. The lowest BCUT2D eigenvalue weighted by Gasteiger charge is -1.98. The molecule has 0 aliphatic rings. The smallest absolute Gasteiger partial charge is 0.395 e. The fraction of sp³-hybridized carbons (Fsp3) is 0. The molecule has 8 heteroatoms. The lowest BCUT2D eigenvalue weighted by atomic mass is 10.2. The van der Waals surface area contributed by atoms with E-state index in [1.165, 1.54) is 18.2 Å². The summed E-state index contributed by atoms with van der Waals surface area (Å²) in [5.41, 5.74) is -1.60. The van der Waals surface area contributed by atoms with Crippen LogP contribution in [0.3, 0.4) is 0 Å². The van der Waals surface area contributed by atoms with Gasteiger partial charge in [-0.2, -0.15) is 4.98 Å². The van der Waals surface area contributed by atoms with Crippen LogP contribution in [0.1, 0.15) is 11.4 Å². The molecule has 0 amide bonds. The van der Waals surface area contributed by atoms with Gasteiger partial charge in [0.2, 0.25) is 0 Å². The molecule has 0 radical (unpaired) electrons. The van der Waals surface area contributed by atoms with Crippen LogP contribution in [0.2, 0.25) is 0 Å². The number of para-hydroxylation sites is 1. The Bertz CT molecular complexity index is 751. The number of aromatic nitrogens is 2. The van der Waals surface area contributed by atoms with Crippen molar-refractivity contribution in [3.63, 3.8) is 0 Å². The summed E-state index contributed by atoms with van der Waals surface area (Å²) >= 11 is 0. The topological polar surface area (TPSA) is 129 Å². The highest BCUT2D eigenvalue weighted by Gasteiger charge is 2.21. The van der Waals surface area contributed by atoms with E-state index in [4.69, 9.17) is 0 Å². The van der Waals surface area contributed by atoms with Crippen LogP contribution in [0.4, 0.5) is 5.69 Å². The van der Waals surface area contributed by atoms with E-state index >= 15 is 0 Å². The van der Waals surface area contributed by atoms with Crippen molar-refractivity contribution in [1.82, 2.24) is 9.97 Å². The van der Waals surface area contributed by atoms with Crippen LogP contribution in [-0.4, -0.2) is 25.1 Å². The summed E-state index contributed by atoms with van der Waals surface area (Å²) in [5, 5.41) is 29.4. The number of nitro groups is 1. The highest BCUT2D eigenvalue weighted by atomic mass is 16.6. The second-order valence-electron chi connectivity index (χ2n) is 3.77. The zero-order chi connectivity index (χ0) is 14.7. The minimum Gasteiger partial charge on any atom is -0.507 e. The van der Waals surface area contributed by atoms with Crippen LogP contribution in [0, 0.1) is 10.1 Å². The first-order chi connectivity index (χ1) is 9.49. The number of aromatic amines is 1. The molecule has 1 aromatic heterocycles. The summed E-state index contributed by atoms with van der Waals surface area (Å²) in [6.45, 7) is 0. The molecule has 0 saturated heterocycles. The van der Waals surface area contributed by atoms with Crippen LogP contribution in [0.25, 0.3) is 12.2 Å². The van der Waals surface area contributed by atoms with Gasteiger partial charge in [-0.15, -0.1) is 0 Å². The Morgan fingerprint density at radius 3 is 2.55 bits per heavy atom. The number of phenols is 1. The van der Waals surface area contributed by atoms with E-state index in [2.05, 4.69) is 9.97 Å². The number of nitrogens with one attached hydrogen (secondary N) is 1. The molecule has 0 atom stereocenters. The van der Waals surface area contributed by atoms with Gasteiger partial charge >= 0.3 is 11.2 Å². The molecule has 2 aromatic rings. The van der Waals surface area contributed by atoms with E-state index in [0.29, 0.717) is 5.56 Å². The van der Waals surface area contributed by atoms with Gasteiger partial charge in [0, 0.05) is 5.56 Å². The van der Waals surface area contributed by atoms with E-state index in [1.54, 1.807) is 18.2 Å². The minimum atomic E-state index is -1.06. The summed E-state index contributed by atoms with van der Waals surface area (Å²) in [6.07, 6.45) is 2.75. The predicted octanol–water partition coefficient (Wildman–Crippen LogP) is 1.26. The molecule has 0 spiro atoms. The van der Waals surface area contributed by atoms with Gasteiger partial charge in [-0.25, -0.2) is 0 Å². The number of H-pyrrole nitrogens is 1. The summed E-state index contributed by atoms with van der Waals surface area (Å²) < 4.78 is 0. The third-order valence-electron chi connectivity index (χ3n) is 2.43. The molecule has 0 fully saturated rings. The maximum absolute atomic E-state index is 11.4. The summed E-state index contributed by atoms with van der Waals surface area (Å²) in [7, 11) is 0. The van der Waals surface area contributed by atoms with Crippen molar-refractivity contribution in [2.45, 2.75) is 0 Å². The fourth-order valence-electron chi connectivity index (χ4n) is 1.51. The molecule has 0 unspecified atom stereocenters. The van der Waals surface area contributed by atoms with Gasteiger partial charge in [-0.3, -0.25) is 14.9 Å². The number of nitrogens with zero attached hydrogens (tertiary/aromatic N) is 2. The van der Waals surface area contributed by atoms with Crippen molar-refractivity contribution < 1.29 is 15.1 Å². The zero-order valence-electron chi connectivity index (χ0n) is 9.98. The Hall–Kier alpha value is -3.16. The van der Waals surface area contributed by atoms with Gasteiger partial charge in [-0.05, 0) is 18.2 Å². The summed E-state index contributed by atoms with van der Waals surface area (Å²) in [6, 6.07) is 6.44. The highest BCUT2D eigenvalue weighted by molar-refractivity contribution is 5.70. The molecule has 2 rings (SSSR count). The number of rotatable bonds is 3. The first-order valence-corrected chi connectivity index (χ1v) is 5.43. The molecule has 0 aliphatic carbocycles. The van der Waals surface area contributed by atoms with Crippen LogP contribution in [0.15, 0.2) is 29.1 Å². The van der Waals surface area contributed by atoms with Crippen molar-refractivity contribution in [1.29, 1.82) is 0 Å². The Morgan fingerprint density at radius 2 is 1.95 bits per heavy atom. The molecule has 20 heavy (non-hydrogen) atoms. The Balaban J connectivity index is 2.39. The molecular weight excluding hydrogens is 266 g/mol. The fourth-order valence-corrected chi connectivity index (χ4v) is 1.51. The second kappa shape index (κ2) is 5.22. The van der Waals surface area contributed by atoms with Crippen molar-refractivity contribution in [3.8, 4) is 11.6 Å². The van der Waals surface area contributed by atoms with Crippen molar-refractivity contribution in [3.05, 3.63) is 56.1 Å². The quantitative estimate of drug-likeness (QED) is 0.571. The Kier molecular flexibility index (Phi) is 3.47. The first-order valence-electron chi connectivity index (χ1n) is 5.43. The standard InChI is InChI=1S/C12H9N3O5/c16-8-4-2-1-3-7(8)5-6-9-13-11(17)10(15(19)20)12(18)14-9/h1-6,16H,(H2,13,14,17,18)/b6-5+. The number of phenolic OH excluding ortho intramolecular Hbond substituents is 1. The maximum atomic E-state index is 11.4. The molecule has 1 aromatic carbocycles. The maximum Gasteiger partial charge on any atom is 0.395 e. The van der Waals surface area contributed by atoms with Gasteiger partial charge in [-0.1, -0.05) is 18.2 Å². The molecule has 1 heterocycles. The van der Waals surface area contributed by atoms with Crippen molar-refractivity contribution in [2.75, 3.05) is 0 Å². The zero-order valence-corrected chi connectivity index (χ0v) is 9.98. The predicted molar refractivity (Wildman–Crippen MR) is 70.2 cm³/mol. The average molecular weight is 275 g/mol. The first kappa shape index (κ1) is 13.3. The number of benzene rings is 1. The molecular formula is C12H9N3O5. The van der Waals surface area contributed by atoms with Gasteiger partial charge in [0.1, 0.15) is 11.6 Å².